The number of pyridine rings is 1. The second-order valence-electron chi connectivity index (χ2n) is 5.64. The Balaban J connectivity index is 2.03. The Kier molecular flexibility index (Phi) is 5.10. The molecule has 3 aromatic rings. The highest BCUT2D eigenvalue weighted by Crippen LogP contribution is 2.30. The number of carbonyl (C=O) groups excluding carboxylic acids is 1. The largest absolute Gasteiger partial charge is 0.331 e. The summed E-state index contributed by atoms with van der Waals surface area (Å²) < 4.78 is 13.3. The fourth-order valence-electron chi connectivity index (χ4n) is 2.78. The van der Waals surface area contributed by atoms with Crippen molar-refractivity contribution in [3.8, 4) is 0 Å². The molecule has 0 aliphatic rings. The van der Waals surface area contributed by atoms with Crippen molar-refractivity contribution in [3.05, 3.63) is 101 Å². The Morgan fingerprint density at radius 2 is 1.68 bits per heavy atom. The van der Waals surface area contributed by atoms with Gasteiger partial charge in [0.05, 0.1) is 16.6 Å². The summed E-state index contributed by atoms with van der Waals surface area (Å²) in [7, 11) is 1.71. The summed E-state index contributed by atoms with van der Waals surface area (Å²) in [5.41, 5.74) is 2.12. The molecule has 5 heteroatoms. The predicted molar refractivity (Wildman–Crippen MR) is 96.0 cm³/mol. The number of nitrogens with zero attached hydrogens (tertiary/aromatic N) is 2. The third-order valence-electron chi connectivity index (χ3n) is 4.01. The molecule has 0 aliphatic heterocycles. The van der Waals surface area contributed by atoms with E-state index < -0.39 is 0 Å². The van der Waals surface area contributed by atoms with E-state index in [4.69, 9.17) is 11.6 Å². The molecule has 0 fully saturated rings. The predicted octanol–water partition coefficient (Wildman–Crippen LogP) is 4.74. The number of rotatable bonds is 4. The molecule has 0 saturated carbocycles. The van der Waals surface area contributed by atoms with Gasteiger partial charge in [-0.1, -0.05) is 54.1 Å². The zero-order valence-corrected chi connectivity index (χ0v) is 14.3. The second kappa shape index (κ2) is 7.45. The van der Waals surface area contributed by atoms with Gasteiger partial charge in [-0.15, -0.1) is 0 Å². The quantitative estimate of drug-likeness (QED) is 0.678. The van der Waals surface area contributed by atoms with Gasteiger partial charge in [0.25, 0.3) is 5.91 Å². The van der Waals surface area contributed by atoms with E-state index in [0.717, 1.165) is 11.1 Å². The number of hydrogen-bond acceptors (Lipinski definition) is 2. The van der Waals surface area contributed by atoms with E-state index in [1.54, 1.807) is 30.1 Å². The van der Waals surface area contributed by atoms with Gasteiger partial charge in [-0.05, 0) is 29.3 Å². The van der Waals surface area contributed by atoms with E-state index in [1.807, 2.05) is 30.3 Å². The summed E-state index contributed by atoms with van der Waals surface area (Å²) in [4.78, 5) is 18.5. The average Bonchev–Trinajstić information content (AvgIpc) is 2.64. The van der Waals surface area contributed by atoms with Crippen LogP contribution in [0.4, 0.5) is 4.39 Å². The van der Waals surface area contributed by atoms with Gasteiger partial charge in [-0.3, -0.25) is 9.78 Å². The van der Waals surface area contributed by atoms with Crippen molar-refractivity contribution in [1.29, 1.82) is 0 Å². The van der Waals surface area contributed by atoms with Crippen molar-refractivity contribution in [1.82, 2.24) is 9.88 Å². The van der Waals surface area contributed by atoms with Crippen molar-refractivity contribution in [2.24, 2.45) is 0 Å². The molecule has 1 heterocycles. The first-order valence-electron chi connectivity index (χ1n) is 7.75. The van der Waals surface area contributed by atoms with Gasteiger partial charge in [0.1, 0.15) is 5.82 Å². The van der Waals surface area contributed by atoms with Crippen LogP contribution in [0.2, 0.25) is 5.02 Å². The first kappa shape index (κ1) is 17.1. The molecule has 1 unspecified atom stereocenters. The SMILES string of the molecule is CN(C(=O)c1ccncc1Cl)C(c1ccccc1)c1ccc(F)cc1. The summed E-state index contributed by atoms with van der Waals surface area (Å²) in [5.74, 6) is -0.549. The smallest absolute Gasteiger partial charge is 0.256 e. The molecule has 0 saturated heterocycles. The van der Waals surface area contributed by atoms with Gasteiger partial charge >= 0.3 is 0 Å². The molecule has 0 N–H and O–H groups in total. The maximum Gasteiger partial charge on any atom is 0.256 e. The summed E-state index contributed by atoms with van der Waals surface area (Å²) in [6, 6.07) is 17.0. The van der Waals surface area contributed by atoms with Crippen molar-refractivity contribution < 1.29 is 9.18 Å². The Morgan fingerprint density at radius 1 is 1.04 bits per heavy atom. The van der Waals surface area contributed by atoms with E-state index >= 15 is 0 Å². The number of halogens is 2. The monoisotopic (exact) mass is 354 g/mol. The molecule has 0 radical (unpaired) electrons. The molecule has 0 aliphatic carbocycles. The van der Waals surface area contributed by atoms with Crippen molar-refractivity contribution >= 4 is 17.5 Å². The Labute approximate surface area is 150 Å². The average molecular weight is 355 g/mol. The minimum absolute atomic E-state index is 0.231. The van der Waals surface area contributed by atoms with E-state index in [9.17, 15) is 9.18 Å². The van der Waals surface area contributed by atoms with Crippen LogP contribution in [0.1, 0.15) is 27.5 Å². The van der Waals surface area contributed by atoms with Gasteiger partial charge in [0.2, 0.25) is 0 Å². The van der Waals surface area contributed by atoms with E-state index in [2.05, 4.69) is 4.98 Å². The van der Waals surface area contributed by atoms with Crippen LogP contribution < -0.4 is 0 Å². The molecule has 1 atom stereocenters. The molecule has 0 spiro atoms. The van der Waals surface area contributed by atoms with E-state index in [1.165, 1.54) is 24.5 Å². The normalized spacial score (nSPS) is 11.8. The molecule has 2 aromatic carbocycles. The minimum Gasteiger partial charge on any atom is -0.331 e. The van der Waals surface area contributed by atoms with Gasteiger partial charge in [0, 0.05) is 19.4 Å². The van der Waals surface area contributed by atoms with Crippen LogP contribution in [0.5, 0.6) is 0 Å². The molecule has 126 valence electrons. The van der Waals surface area contributed by atoms with Gasteiger partial charge in [-0.2, -0.15) is 0 Å². The van der Waals surface area contributed by atoms with Crippen LogP contribution in [0, 0.1) is 5.82 Å². The lowest BCUT2D eigenvalue weighted by Gasteiger charge is -2.29. The van der Waals surface area contributed by atoms with Crippen LogP contribution in [0.25, 0.3) is 0 Å². The van der Waals surface area contributed by atoms with Crippen LogP contribution in [-0.2, 0) is 0 Å². The fourth-order valence-corrected chi connectivity index (χ4v) is 2.98. The van der Waals surface area contributed by atoms with Crippen LogP contribution in [0.3, 0.4) is 0 Å². The topological polar surface area (TPSA) is 33.2 Å². The molecule has 1 amide bonds. The third kappa shape index (κ3) is 3.69. The summed E-state index contributed by atoms with van der Waals surface area (Å²) in [6.45, 7) is 0. The van der Waals surface area contributed by atoms with E-state index in [-0.39, 0.29) is 17.8 Å². The highest BCUT2D eigenvalue weighted by atomic mass is 35.5. The lowest BCUT2D eigenvalue weighted by molar-refractivity contribution is 0.0755. The van der Waals surface area contributed by atoms with Crippen LogP contribution in [-0.4, -0.2) is 22.8 Å². The third-order valence-corrected chi connectivity index (χ3v) is 4.31. The number of benzene rings is 2. The van der Waals surface area contributed by atoms with Gasteiger partial charge in [-0.25, -0.2) is 4.39 Å². The molecule has 0 bridgehead atoms. The highest BCUT2D eigenvalue weighted by Gasteiger charge is 2.25. The fraction of sp³-hybridized carbons (Fsp3) is 0.100. The highest BCUT2D eigenvalue weighted by molar-refractivity contribution is 6.33. The maximum absolute atomic E-state index is 13.3. The van der Waals surface area contributed by atoms with Gasteiger partial charge < -0.3 is 4.90 Å². The number of carbonyl (C=O) groups is 1. The molecule has 1 aromatic heterocycles. The van der Waals surface area contributed by atoms with Crippen LogP contribution in [0.15, 0.2) is 73.1 Å². The Morgan fingerprint density at radius 3 is 2.32 bits per heavy atom. The number of amides is 1. The maximum atomic E-state index is 13.3. The molecule has 25 heavy (non-hydrogen) atoms. The van der Waals surface area contributed by atoms with Crippen molar-refractivity contribution in [2.75, 3.05) is 7.05 Å². The Bertz CT molecular complexity index is 868. The second-order valence-corrected chi connectivity index (χ2v) is 6.04. The first-order chi connectivity index (χ1) is 12.1. The Hall–Kier alpha value is -2.72. The summed E-state index contributed by atoms with van der Waals surface area (Å²) in [5, 5.41) is 0.297. The summed E-state index contributed by atoms with van der Waals surface area (Å²) in [6.07, 6.45) is 2.97. The molecule has 3 nitrogen and oxygen atoms in total. The minimum atomic E-state index is -0.362. The number of aromatic nitrogens is 1. The van der Waals surface area contributed by atoms with Gasteiger partial charge in [0.15, 0.2) is 0 Å². The molecule has 3 rings (SSSR count). The van der Waals surface area contributed by atoms with Crippen molar-refractivity contribution in [3.63, 3.8) is 0 Å². The summed E-state index contributed by atoms with van der Waals surface area (Å²) >= 11 is 6.12. The number of hydrogen-bond donors (Lipinski definition) is 0. The first-order valence-corrected chi connectivity index (χ1v) is 8.13. The zero-order chi connectivity index (χ0) is 17.8. The standard InChI is InChI=1S/C20H16ClFN2O/c1-24(20(25)17-11-12-23-13-18(17)21)19(14-5-3-2-4-6-14)15-7-9-16(22)10-8-15/h2-13,19H,1H3. The molecular weight excluding hydrogens is 339 g/mol. The molecular formula is C20H16ClFN2O. The zero-order valence-electron chi connectivity index (χ0n) is 13.6. The van der Waals surface area contributed by atoms with Crippen LogP contribution >= 0.6 is 11.6 Å². The van der Waals surface area contributed by atoms with Crippen molar-refractivity contribution in [2.45, 2.75) is 6.04 Å². The van der Waals surface area contributed by atoms with E-state index in [0.29, 0.717) is 10.6 Å². The lowest BCUT2D eigenvalue weighted by Crippen LogP contribution is -2.32. The lowest BCUT2D eigenvalue weighted by atomic mass is 9.97.